The molecule has 28 heavy (non-hydrogen) atoms. The number of aliphatic hydroxyl groups is 6. The van der Waals surface area contributed by atoms with E-state index in [0.717, 1.165) is 38.5 Å². The molecule has 6 unspecified atom stereocenters. The van der Waals surface area contributed by atoms with Crippen LogP contribution in [-0.4, -0.2) is 79.5 Å². The van der Waals surface area contributed by atoms with Gasteiger partial charge in [-0.1, -0.05) is 0 Å². The molecule has 0 aromatic carbocycles. The quantitative estimate of drug-likeness (QED) is 0.268. The summed E-state index contributed by atoms with van der Waals surface area (Å²) in [5.74, 6) is -0.840. The van der Waals surface area contributed by atoms with E-state index in [1.54, 1.807) is 0 Å². The van der Waals surface area contributed by atoms with Crippen LogP contribution in [0.1, 0.15) is 38.5 Å². The summed E-state index contributed by atoms with van der Waals surface area (Å²) in [5.41, 5.74) is 0. The van der Waals surface area contributed by atoms with E-state index in [-0.39, 0.29) is 24.0 Å². The number of ether oxygens (including phenoxy) is 2. The highest BCUT2D eigenvalue weighted by molar-refractivity contribution is 5.12. The second-order valence-electron chi connectivity index (χ2n) is 8.63. The fourth-order valence-corrected chi connectivity index (χ4v) is 4.58. The van der Waals surface area contributed by atoms with Gasteiger partial charge in [-0.25, -0.2) is 0 Å². The van der Waals surface area contributed by atoms with Crippen LogP contribution in [0, 0.1) is 11.8 Å². The third-order valence-electron chi connectivity index (χ3n) is 6.51. The Morgan fingerprint density at radius 2 is 1.04 bits per heavy atom. The zero-order chi connectivity index (χ0) is 20.0. The molecular formula is C20H30O8. The molecule has 0 aromatic heterocycles. The van der Waals surface area contributed by atoms with E-state index in [9.17, 15) is 30.6 Å². The van der Waals surface area contributed by atoms with Crippen LogP contribution in [0.2, 0.25) is 0 Å². The Hall–Kier alpha value is -1.16. The highest BCUT2D eigenvalue weighted by Crippen LogP contribution is 2.41. The maximum atomic E-state index is 10.2. The average Bonchev–Trinajstić information content (AvgIpc) is 3.59. The predicted molar refractivity (Wildman–Crippen MR) is 97.5 cm³/mol. The van der Waals surface area contributed by atoms with Gasteiger partial charge >= 0.3 is 0 Å². The molecule has 0 aromatic rings. The number of allylic oxidation sites excluding steroid dienone is 2. The topological polar surface area (TPSA) is 146 Å². The summed E-state index contributed by atoms with van der Waals surface area (Å²) in [7, 11) is 0. The van der Waals surface area contributed by atoms with Crippen molar-refractivity contribution in [2.24, 2.45) is 11.8 Å². The van der Waals surface area contributed by atoms with Crippen molar-refractivity contribution in [2.45, 2.75) is 87.4 Å². The monoisotopic (exact) mass is 398 g/mol. The summed E-state index contributed by atoms with van der Waals surface area (Å²) in [4.78, 5) is 0. The Morgan fingerprint density at radius 3 is 1.39 bits per heavy atom. The number of rotatable bonds is 7. The van der Waals surface area contributed by atoms with E-state index in [4.69, 9.17) is 9.47 Å². The van der Waals surface area contributed by atoms with Crippen molar-refractivity contribution >= 4 is 0 Å². The maximum absolute atomic E-state index is 10.2. The van der Waals surface area contributed by atoms with Gasteiger partial charge < -0.3 is 40.1 Å². The molecule has 0 spiro atoms. The van der Waals surface area contributed by atoms with Gasteiger partial charge in [-0.2, -0.15) is 0 Å². The van der Waals surface area contributed by atoms with Crippen LogP contribution >= 0.6 is 0 Å². The number of epoxide rings is 2. The smallest absolute Gasteiger partial charge is 0.139 e. The first-order chi connectivity index (χ1) is 13.3. The van der Waals surface area contributed by atoms with Crippen LogP contribution in [0.5, 0.6) is 0 Å². The highest BCUT2D eigenvalue weighted by atomic mass is 16.6. The molecule has 10 atom stereocenters. The van der Waals surface area contributed by atoms with Gasteiger partial charge in [0, 0.05) is 0 Å². The van der Waals surface area contributed by atoms with Crippen LogP contribution in [0.15, 0.2) is 23.7 Å². The fourth-order valence-electron chi connectivity index (χ4n) is 4.58. The largest absolute Gasteiger partial charge is 0.510 e. The summed E-state index contributed by atoms with van der Waals surface area (Å²) in [6.45, 7) is 0. The van der Waals surface area contributed by atoms with Crippen LogP contribution < -0.4 is 0 Å². The van der Waals surface area contributed by atoms with Gasteiger partial charge in [-0.15, -0.1) is 0 Å². The van der Waals surface area contributed by atoms with Gasteiger partial charge in [-0.05, 0) is 62.5 Å². The number of fused-ring (bicyclic) bond motifs is 2. The lowest BCUT2D eigenvalue weighted by Gasteiger charge is -2.27. The summed E-state index contributed by atoms with van der Waals surface area (Å²) in [6, 6.07) is 0. The Kier molecular flexibility index (Phi) is 5.70. The minimum atomic E-state index is -1.85. The summed E-state index contributed by atoms with van der Waals surface area (Å²) in [5, 5.41) is 60.9. The normalized spacial score (nSPS) is 42.0. The van der Waals surface area contributed by atoms with Gasteiger partial charge in [0.1, 0.15) is 35.9 Å². The zero-order valence-electron chi connectivity index (χ0n) is 15.7. The molecule has 2 heterocycles. The van der Waals surface area contributed by atoms with Crippen molar-refractivity contribution in [1.82, 2.24) is 0 Å². The second-order valence-corrected chi connectivity index (χ2v) is 8.63. The number of hydrogen-bond acceptors (Lipinski definition) is 8. The fraction of sp³-hybridized carbons (Fsp3) is 0.800. The standard InChI is InChI=1S/C20H30O8/c21-11(5-9-1-3-13-15(7-9)27-13)17(23)19(25)20(26)18(24)12(22)6-10-2-4-14-16(8-10)28-14/h5-6,9-10,13-26H,1-4,7-8H2/t9?,10?,13?,14?,15?,16?,17-,18+,19-,20-/m1/s1. The summed E-state index contributed by atoms with van der Waals surface area (Å²) in [6.07, 6.45) is 1.70. The van der Waals surface area contributed by atoms with Gasteiger partial charge in [0.05, 0.1) is 24.4 Å². The van der Waals surface area contributed by atoms with Crippen molar-refractivity contribution in [3.05, 3.63) is 23.7 Å². The van der Waals surface area contributed by atoms with Crippen LogP contribution in [0.3, 0.4) is 0 Å². The van der Waals surface area contributed by atoms with E-state index in [0.29, 0.717) is 12.2 Å². The van der Waals surface area contributed by atoms with Crippen LogP contribution in [0.4, 0.5) is 0 Å². The van der Waals surface area contributed by atoms with Crippen molar-refractivity contribution in [1.29, 1.82) is 0 Å². The molecule has 2 aliphatic heterocycles. The van der Waals surface area contributed by atoms with E-state index in [1.807, 2.05) is 0 Å². The molecule has 4 fully saturated rings. The molecule has 2 saturated heterocycles. The molecular weight excluding hydrogens is 368 g/mol. The maximum Gasteiger partial charge on any atom is 0.139 e. The zero-order valence-corrected chi connectivity index (χ0v) is 15.7. The van der Waals surface area contributed by atoms with Crippen LogP contribution in [0.25, 0.3) is 0 Å². The third-order valence-corrected chi connectivity index (χ3v) is 6.51. The molecule has 2 saturated carbocycles. The molecule has 4 aliphatic rings. The third kappa shape index (κ3) is 4.37. The Balaban J connectivity index is 1.32. The molecule has 158 valence electrons. The lowest BCUT2D eigenvalue weighted by atomic mass is 9.87. The average molecular weight is 398 g/mol. The van der Waals surface area contributed by atoms with Gasteiger partial charge in [0.2, 0.25) is 0 Å². The number of hydrogen-bond donors (Lipinski definition) is 6. The minimum absolute atomic E-state index is 0.0285. The predicted octanol–water partition coefficient (Wildman–Crippen LogP) is 0.449. The van der Waals surface area contributed by atoms with Crippen molar-refractivity contribution in [3.63, 3.8) is 0 Å². The van der Waals surface area contributed by atoms with Gasteiger partial charge in [-0.3, -0.25) is 0 Å². The molecule has 2 aliphatic carbocycles. The van der Waals surface area contributed by atoms with Crippen molar-refractivity contribution in [2.75, 3.05) is 0 Å². The first kappa shape index (κ1) is 20.1. The minimum Gasteiger partial charge on any atom is -0.510 e. The first-order valence-electron chi connectivity index (χ1n) is 10.2. The van der Waals surface area contributed by atoms with E-state index < -0.39 is 35.9 Å². The molecule has 0 amide bonds. The van der Waals surface area contributed by atoms with Crippen LogP contribution in [-0.2, 0) is 9.47 Å². The van der Waals surface area contributed by atoms with E-state index >= 15 is 0 Å². The van der Waals surface area contributed by atoms with Gasteiger partial charge in [0.25, 0.3) is 0 Å². The molecule has 6 N–H and O–H groups in total. The van der Waals surface area contributed by atoms with Crippen molar-refractivity contribution < 1.29 is 40.1 Å². The van der Waals surface area contributed by atoms with E-state index in [2.05, 4.69) is 0 Å². The Morgan fingerprint density at radius 1 is 0.643 bits per heavy atom. The SMILES string of the molecule is OC(=CC1CCC2OC2C1)[C@@H](O)[C@@H](O)[C@H](O)[C@@H](O)C(O)=CC1CCC2OC2C1. The van der Waals surface area contributed by atoms with Crippen molar-refractivity contribution in [3.8, 4) is 0 Å². The lowest BCUT2D eigenvalue weighted by molar-refractivity contribution is -0.101. The highest BCUT2D eigenvalue weighted by Gasteiger charge is 2.45. The Labute approximate surface area is 163 Å². The molecule has 4 rings (SSSR count). The van der Waals surface area contributed by atoms with E-state index in [1.165, 1.54) is 12.2 Å². The summed E-state index contributed by atoms with van der Waals surface area (Å²) >= 11 is 0. The van der Waals surface area contributed by atoms with Gasteiger partial charge in [0.15, 0.2) is 0 Å². The summed E-state index contributed by atoms with van der Waals surface area (Å²) < 4.78 is 10.9. The molecule has 0 bridgehead atoms. The molecule has 0 radical (unpaired) electrons. The molecule has 8 heteroatoms. The second kappa shape index (κ2) is 7.93. The molecule has 8 nitrogen and oxygen atoms in total. The lowest BCUT2D eigenvalue weighted by Crippen LogP contribution is -2.46. The number of aliphatic hydroxyl groups excluding tert-OH is 6. The first-order valence-corrected chi connectivity index (χ1v) is 10.2. The Bertz CT molecular complexity index is 580.